The van der Waals surface area contributed by atoms with Crippen molar-refractivity contribution in [1.29, 1.82) is 0 Å². The first-order valence-corrected chi connectivity index (χ1v) is 11.3. The molecular weight excluding hydrogens is 414 g/mol. The first-order chi connectivity index (χ1) is 15.5. The van der Waals surface area contributed by atoms with E-state index >= 15 is 0 Å². The first kappa shape index (κ1) is 26.7. The van der Waals surface area contributed by atoms with Crippen LogP contribution in [0, 0.1) is 0 Å². The highest BCUT2D eigenvalue weighted by molar-refractivity contribution is 8.06. The third-order valence-corrected chi connectivity index (χ3v) is 4.70. The van der Waals surface area contributed by atoms with Crippen LogP contribution in [-0.2, 0) is 0 Å². The summed E-state index contributed by atoms with van der Waals surface area (Å²) in [6.07, 6.45) is 22.1. The first-order valence-electron chi connectivity index (χ1n) is 10.5. The lowest BCUT2D eigenvalue weighted by molar-refractivity contribution is 1.15. The van der Waals surface area contributed by atoms with Crippen molar-refractivity contribution in [1.82, 2.24) is 9.97 Å². The highest BCUT2D eigenvalue weighted by atomic mass is 32.2. The topological polar surface area (TPSA) is 76.2 Å². The zero-order valence-corrected chi connectivity index (χ0v) is 20.2. The second-order valence-electron chi connectivity index (χ2n) is 6.21. The molecule has 1 aromatic rings. The summed E-state index contributed by atoms with van der Waals surface area (Å²) in [5, 5.41) is 3.29. The van der Waals surface area contributed by atoms with Gasteiger partial charge in [0.2, 0.25) is 5.95 Å². The number of hydrogen-bond donors (Lipinski definition) is 2. The minimum absolute atomic E-state index is 0.221. The van der Waals surface area contributed by atoms with Gasteiger partial charge in [-0.3, -0.25) is 4.99 Å². The van der Waals surface area contributed by atoms with Gasteiger partial charge in [0, 0.05) is 34.7 Å². The highest BCUT2D eigenvalue weighted by Gasteiger charge is 2.07. The number of rotatable bonds is 9. The van der Waals surface area contributed by atoms with Gasteiger partial charge in [-0.1, -0.05) is 75.2 Å². The average molecular weight is 448 g/mol. The number of anilines is 2. The zero-order valence-electron chi connectivity index (χ0n) is 19.4. The van der Waals surface area contributed by atoms with Gasteiger partial charge in [0.15, 0.2) is 0 Å². The fourth-order valence-electron chi connectivity index (χ4n) is 2.45. The Kier molecular flexibility index (Phi) is 12.8. The van der Waals surface area contributed by atoms with Gasteiger partial charge in [-0.2, -0.15) is 4.98 Å². The molecule has 0 aliphatic heterocycles. The maximum absolute atomic E-state index is 5.94. The summed E-state index contributed by atoms with van der Waals surface area (Å²) in [6.45, 7) is 15.6. The van der Waals surface area contributed by atoms with E-state index in [1.54, 1.807) is 18.0 Å². The summed E-state index contributed by atoms with van der Waals surface area (Å²) >= 11 is 1.57. The summed E-state index contributed by atoms with van der Waals surface area (Å²) < 4.78 is 0. The fourth-order valence-corrected chi connectivity index (χ4v) is 3.13. The van der Waals surface area contributed by atoms with Gasteiger partial charge in [0.25, 0.3) is 0 Å². The molecule has 0 spiro atoms. The van der Waals surface area contributed by atoms with Gasteiger partial charge in [-0.15, -0.1) is 0 Å². The average Bonchev–Trinajstić information content (AvgIpc) is 3.07. The molecule has 3 N–H and O–H groups in total. The lowest BCUT2D eigenvalue weighted by atomic mass is 10.1. The van der Waals surface area contributed by atoms with Crippen molar-refractivity contribution in [3.05, 3.63) is 101 Å². The molecule has 1 aliphatic rings. The Morgan fingerprint density at radius 2 is 2.03 bits per heavy atom. The van der Waals surface area contributed by atoms with Gasteiger partial charge < -0.3 is 11.1 Å². The second kappa shape index (κ2) is 15.4. The molecular formula is C26H33N5S. The van der Waals surface area contributed by atoms with Crippen LogP contribution in [0.25, 0.3) is 5.57 Å². The summed E-state index contributed by atoms with van der Waals surface area (Å²) in [5.74, 6) is 0.853. The van der Waals surface area contributed by atoms with Crippen LogP contribution >= 0.6 is 11.8 Å². The van der Waals surface area contributed by atoms with Gasteiger partial charge >= 0.3 is 0 Å². The number of thioether (sulfide) groups is 1. The highest BCUT2D eigenvalue weighted by Crippen LogP contribution is 2.25. The summed E-state index contributed by atoms with van der Waals surface area (Å²) in [5.41, 5.74) is 8.58. The molecule has 32 heavy (non-hydrogen) atoms. The van der Waals surface area contributed by atoms with Crippen molar-refractivity contribution in [2.45, 2.75) is 34.1 Å². The Balaban J connectivity index is 0.00000249. The van der Waals surface area contributed by atoms with Crippen LogP contribution in [0.3, 0.4) is 0 Å². The maximum atomic E-state index is 5.94. The van der Waals surface area contributed by atoms with Gasteiger partial charge in [-0.05, 0) is 43.4 Å². The Morgan fingerprint density at radius 3 is 2.75 bits per heavy atom. The van der Waals surface area contributed by atoms with E-state index in [0.29, 0.717) is 5.82 Å². The monoisotopic (exact) mass is 447 g/mol. The SMILES string of the molecule is C=CN=C/C=C(\C)SC(=C)/C=C\C(=C/C)Nc1cc(C2=CC=CCC=C2)nc(N)n1.CC. The van der Waals surface area contributed by atoms with Crippen molar-refractivity contribution in [2.24, 2.45) is 4.99 Å². The molecule has 6 heteroatoms. The molecule has 0 bridgehead atoms. The van der Waals surface area contributed by atoms with E-state index in [2.05, 4.69) is 45.6 Å². The molecule has 1 aromatic heterocycles. The number of aromatic nitrogens is 2. The molecule has 0 radical (unpaired) electrons. The van der Waals surface area contributed by atoms with Crippen LogP contribution in [0.1, 0.15) is 39.8 Å². The molecule has 0 unspecified atom stereocenters. The maximum Gasteiger partial charge on any atom is 0.222 e. The standard InChI is InChI=1S/C24H27N5S.C2H6/c1-5-21(14-13-18(3)30-19(4)15-16-26-6-2)27-23-17-22(28-24(25)29-23)20-11-9-7-8-10-12-20;1-2/h5-7,9-17H,2-3,8H2,1,4H3,(H3,25,27,28,29);1-2H3/b14-13-,19-15+,21-5+,26-16?;. The third kappa shape index (κ3) is 10.1. The molecule has 2 rings (SSSR count). The fraction of sp³-hybridized carbons (Fsp3) is 0.192. The quantitative estimate of drug-likeness (QED) is 0.309. The molecule has 168 valence electrons. The molecule has 5 nitrogen and oxygen atoms in total. The normalized spacial score (nSPS) is 14.1. The molecule has 0 fully saturated rings. The Hall–Kier alpha value is -3.38. The van der Waals surface area contributed by atoms with Gasteiger partial charge in [0.05, 0.1) is 5.69 Å². The van der Waals surface area contributed by atoms with Crippen LogP contribution in [0.4, 0.5) is 11.8 Å². The predicted molar refractivity (Wildman–Crippen MR) is 144 cm³/mol. The van der Waals surface area contributed by atoms with E-state index in [0.717, 1.165) is 33.2 Å². The number of allylic oxidation sites excluding steroid dienone is 11. The lowest BCUT2D eigenvalue weighted by Gasteiger charge is -2.10. The van der Waals surface area contributed by atoms with E-state index in [4.69, 9.17) is 5.73 Å². The molecule has 0 aromatic carbocycles. The van der Waals surface area contributed by atoms with Crippen molar-refractivity contribution < 1.29 is 0 Å². The lowest BCUT2D eigenvalue weighted by Crippen LogP contribution is -2.05. The van der Waals surface area contributed by atoms with Gasteiger partial charge in [-0.25, -0.2) is 4.98 Å². The van der Waals surface area contributed by atoms with E-state index < -0.39 is 0 Å². The van der Waals surface area contributed by atoms with Crippen LogP contribution in [0.5, 0.6) is 0 Å². The van der Waals surface area contributed by atoms with Crippen LogP contribution in [0.2, 0.25) is 0 Å². The predicted octanol–water partition coefficient (Wildman–Crippen LogP) is 7.22. The number of aliphatic imine (C=N–C) groups is 1. The van der Waals surface area contributed by atoms with Crippen molar-refractivity contribution >= 4 is 35.3 Å². The minimum atomic E-state index is 0.221. The van der Waals surface area contributed by atoms with E-state index in [1.807, 2.05) is 76.3 Å². The summed E-state index contributed by atoms with van der Waals surface area (Å²) in [6, 6.07) is 1.89. The van der Waals surface area contributed by atoms with Gasteiger partial charge in [0.1, 0.15) is 5.82 Å². The number of nitrogens with two attached hydrogens (primary N) is 1. The van der Waals surface area contributed by atoms with Crippen LogP contribution in [-0.4, -0.2) is 16.2 Å². The van der Waals surface area contributed by atoms with Crippen molar-refractivity contribution in [3.8, 4) is 0 Å². The Bertz CT molecular complexity index is 991. The molecule has 0 amide bonds. The van der Waals surface area contributed by atoms with Crippen molar-refractivity contribution in [2.75, 3.05) is 11.1 Å². The largest absolute Gasteiger partial charge is 0.368 e. The van der Waals surface area contributed by atoms with E-state index in [1.165, 1.54) is 6.20 Å². The van der Waals surface area contributed by atoms with E-state index in [9.17, 15) is 0 Å². The molecule has 1 heterocycles. The van der Waals surface area contributed by atoms with Crippen LogP contribution in [0.15, 0.2) is 101 Å². The van der Waals surface area contributed by atoms with Crippen molar-refractivity contribution in [3.63, 3.8) is 0 Å². The number of nitrogen functional groups attached to an aromatic ring is 1. The zero-order chi connectivity index (χ0) is 23.8. The Morgan fingerprint density at radius 1 is 1.25 bits per heavy atom. The third-order valence-electron chi connectivity index (χ3n) is 3.85. The molecule has 1 aliphatic carbocycles. The summed E-state index contributed by atoms with van der Waals surface area (Å²) in [4.78, 5) is 14.6. The molecule has 0 atom stereocenters. The second-order valence-corrected chi connectivity index (χ2v) is 7.59. The number of nitrogens with zero attached hydrogens (tertiary/aromatic N) is 3. The number of nitrogens with one attached hydrogen (secondary N) is 1. The number of hydrogen-bond acceptors (Lipinski definition) is 6. The van der Waals surface area contributed by atoms with Crippen LogP contribution < -0.4 is 11.1 Å². The minimum Gasteiger partial charge on any atom is -0.368 e. The smallest absolute Gasteiger partial charge is 0.222 e. The van der Waals surface area contributed by atoms with E-state index in [-0.39, 0.29) is 5.95 Å². The Labute approximate surface area is 196 Å². The molecule has 0 saturated heterocycles. The summed E-state index contributed by atoms with van der Waals surface area (Å²) in [7, 11) is 0. The molecule has 0 saturated carbocycles.